The number of carbonyl (C=O) groups excluding carboxylic acids is 2. The van der Waals surface area contributed by atoms with E-state index in [9.17, 15) is 36.7 Å². The Morgan fingerprint density at radius 2 is 1.68 bits per heavy atom. The van der Waals surface area contributed by atoms with Crippen molar-refractivity contribution in [1.82, 2.24) is 0 Å². The molecule has 2 aromatic rings. The summed E-state index contributed by atoms with van der Waals surface area (Å²) < 4.78 is 31.6. The van der Waals surface area contributed by atoms with Gasteiger partial charge < -0.3 is 0 Å². The Morgan fingerprint density at radius 3 is 2.07 bits per heavy atom. The Morgan fingerprint density at radius 1 is 1.14 bits per heavy atom. The van der Waals surface area contributed by atoms with Gasteiger partial charge in [0.2, 0.25) is 0 Å². The van der Waals surface area contributed by atoms with Gasteiger partial charge in [-0.25, -0.2) is 0 Å². The number of phenols is 1. The van der Waals surface area contributed by atoms with Gasteiger partial charge in [-0.3, -0.25) is 0 Å². The third-order valence-corrected chi connectivity index (χ3v) is 6.16. The maximum absolute atomic E-state index is 12.3. The van der Waals surface area contributed by atoms with Crippen LogP contribution in [0.1, 0.15) is 29.8 Å². The van der Waals surface area contributed by atoms with Crippen molar-refractivity contribution in [3.05, 3.63) is 45.5 Å². The molecule has 1 amide bonds. The fourth-order valence-corrected chi connectivity index (χ4v) is 4.97. The zero-order valence-corrected chi connectivity index (χ0v) is 17.0. The van der Waals surface area contributed by atoms with E-state index in [0.29, 0.717) is 0 Å². The van der Waals surface area contributed by atoms with Gasteiger partial charge in [0.1, 0.15) is 0 Å². The van der Waals surface area contributed by atoms with Gasteiger partial charge in [0.15, 0.2) is 0 Å². The first-order chi connectivity index (χ1) is 12.9. The summed E-state index contributed by atoms with van der Waals surface area (Å²) in [7, 11) is 0. The number of nitrogens with zero attached hydrogens (tertiary/aromatic N) is 1. The van der Waals surface area contributed by atoms with Crippen molar-refractivity contribution >= 4 is 41.6 Å². The Balaban J connectivity index is 3.04. The minimum atomic E-state index is -5.84. The van der Waals surface area contributed by atoms with Gasteiger partial charge in [0, 0.05) is 0 Å². The number of nitro groups is 1. The third-order valence-electron chi connectivity index (χ3n) is 4.00. The van der Waals surface area contributed by atoms with Gasteiger partial charge in [-0.15, -0.1) is 0 Å². The van der Waals surface area contributed by atoms with E-state index in [0.717, 1.165) is 26.0 Å². The van der Waals surface area contributed by atoms with Crippen molar-refractivity contribution in [2.45, 2.75) is 20.8 Å². The number of benzene rings is 2. The number of ketones is 1. The summed E-state index contributed by atoms with van der Waals surface area (Å²) in [5.41, 5.74) is -0.957. The second-order valence-electron chi connectivity index (χ2n) is 6.03. The summed E-state index contributed by atoms with van der Waals surface area (Å²) in [5, 5.41) is 23.5. The molecule has 148 valence electrons. The fourth-order valence-electron chi connectivity index (χ4n) is 2.91. The molecule has 0 aliphatic heterocycles. The number of carbonyl (C=O) groups is 2. The Bertz CT molecular complexity index is 1040. The number of amides is 1. The molecule has 0 bridgehead atoms. The number of nitro benzene ring substituents is 1. The molecular weight excluding hydrogens is 435 g/mol. The standard InChI is InChI=1S/C17H17AsN2O8/c1-8-13(9(2)21)14(11-4-6-12(7-5-11)20(27)28)15(18(24,25)26)16(17(8)23)19-10(3)22/h4-7,23H,1-3H3,(H,19,22)(H2,24,25,26). The molecule has 2 rings (SSSR count). The summed E-state index contributed by atoms with van der Waals surface area (Å²) >= 11 is -5.84. The molecule has 4 N–H and O–H groups in total. The Hall–Kier alpha value is -2.94. The summed E-state index contributed by atoms with van der Waals surface area (Å²) in [6, 6.07) is 4.72. The van der Waals surface area contributed by atoms with Crippen LogP contribution in [-0.2, 0) is 8.53 Å². The summed E-state index contributed by atoms with van der Waals surface area (Å²) in [6.07, 6.45) is 0. The average molecular weight is 452 g/mol. The quantitative estimate of drug-likeness (QED) is 0.171. The molecule has 0 fully saturated rings. The second-order valence-corrected chi connectivity index (χ2v) is 9.25. The van der Waals surface area contributed by atoms with Crippen LogP contribution in [0.4, 0.5) is 11.4 Å². The van der Waals surface area contributed by atoms with Crippen LogP contribution < -0.4 is 9.67 Å². The molecule has 28 heavy (non-hydrogen) atoms. The molecular formula is C17H17AsN2O8. The van der Waals surface area contributed by atoms with Crippen LogP contribution in [0.25, 0.3) is 11.1 Å². The van der Waals surface area contributed by atoms with E-state index in [4.69, 9.17) is 0 Å². The molecule has 0 unspecified atom stereocenters. The Labute approximate surface area is 162 Å². The monoisotopic (exact) mass is 452 g/mol. The van der Waals surface area contributed by atoms with E-state index in [2.05, 4.69) is 5.32 Å². The van der Waals surface area contributed by atoms with Crippen LogP contribution >= 0.6 is 0 Å². The van der Waals surface area contributed by atoms with Gasteiger partial charge in [-0.2, -0.15) is 0 Å². The van der Waals surface area contributed by atoms with Gasteiger partial charge in [-0.1, -0.05) is 0 Å². The van der Waals surface area contributed by atoms with Crippen molar-refractivity contribution in [1.29, 1.82) is 0 Å². The van der Waals surface area contributed by atoms with E-state index in [1.165, 1.54) is 19.1 Å². The van der Waals surface area contributed by atoms with Crippen molar-refractivity contribution < 1.29 is 31.5 Å². The Kier molecular flexibility index (Phi) is 5.79. The average Bonchev–Trinajstić information content (AvgIpc) is 2.56. The first-order valence-electron chi connectivity index (χ1n) is 7.85. The predicted molar refractivity (Wildman–Crippen MR) is 99.8 cm³/mol. The van der Waals surface area contributed by atoms with Gasteiger partial charge in [0.25, 0.3) is 0 Å². The maximum atomic E-state index is 12.3. The molecule has 11 heteroatoms. The number of aromatic hydroxyl groups is 1. The number of non-ortho nitro benzene ring substituents is 1. The predicted octanol–water partition coefficient (Wildman–Crippen LogP) is 0.998. The number of rotatable bonds is 5. The number of hydrogen-bond donors (Lipinski definition) is 4. The molecule has 2 aromatic carbocycles. The van der Waals surface area contributed by atoms with Crippen molar-refractivity contribution in [2.75, 3.05) is 5.32 Å². The number of nitrogens with one attached hydrogen (secondary N) is 1. The fraction of sp³-hybridized carbons (Fsp3) is 0.176. The molecule has 0 heterocycles. The number of Topliss-reactive ketones (excluding diaryl/α,β-unsaturated/α-hetero) is 1. The van der Waals surface area contributed by atoms with Crippen molar-refractivity contribution in [3.8, 4) is 16.9 Å². The zero-order chi connectivity index (χ0) is 21.4. The SMILES string of the molecule is CC(=O)Nc1c(O)c(C)c(C(C)=O)c(-c2ccc([N+](=O)[O-])cc2)c1[As](=O)(O)O. The number of hydrogen-bond acceptors (Lipinski definition) is 6. The molecule has 0 aromatic heterocycles. The van der Waals surface area contributed by atoms with Crippen LogP contribution in [0, 0.1) is 17.0 Å². The zero-order valence-electron chi connectivity index (χ0n) is 15.1. The van der Waals surface area contributed by atoms with Crippen LogP contribution in [0.5, 0.6) is 5.75 Å². The van der Waals surface area contributed by atoms with Crippen LogP contribution in [0.2, 0.25) is 0 Å². The van der Waals surface area contributed by atoms with E-state index in [1.807, 2.05) is 0 Å². The van der Waals surface area contributed by atoms with Crippen molar-refractivity contribution in [3.63, 3.8) is 0 Å². The third kappa shape index (κ3) is 3.99. The number of anilines is 1. The molecule has 10 nitrogen and oxygen atoms in total. The molecule has 0 atom stereocenters. The second kappa shape index (κ2) is 7.59. The van der Waals surface area contributed by atoms with E-state index in [-0.39, 0.29) is 27.9 Å². The number of phenolic OH excluding ortho intramolecular Hbond substituents is 1. The minimum absolute atomic E-state index is 0.0114. The molecule has 0 radical (unpaired) electrons. The van der Waals surface area contributed by atoms with E-state index in [1.54, 1.807) is 0 Å². The van der Waals surface area contributed by atoms with Gasteiger partial charge in [-0.05, 0) is 0 Å². The molecule has 0 saturated heterocycles. The van der Waals surface area contributed by atoms with E-state index >= 15 is 0 Å². The van der Waals surface area contributed by atoms with Crippen LogP contribution in [-0.4, -0.2) is 44.1 Å². The first-order valence-corrected chi connectivity index (χ1v) is 11.2. The molecule has 0 spiro atoms. The van der Waals surface area contributed by atoms with Crippen LogP contribution in [0.3, 0.4) is 0 Å². The molecule has 0 aliphatic rings. The topological polar surface area (TPSA) is 167 Å². The van der Waals surface area contributed by atoms with E-state index < -0.39 is 46.6 Å². The molecule has 0 saturated carbocycles. The van der Waals surface area contributed by atoms with Gasteiger partial charge >= 0.3 is 162 Å². The molecule has 0 aliphatic carbocycles. The van der Waals surface area contributed by atoms with Gasteiger partial charge in [0.05, 0.1) is 0 Å². The van der Waals surface area contributed by atoms with Crippen molar-refractivity contribution in [2.24, 2.45) is 0 Å². The first kappa shape index (κ1) is 21.4. The summed E-state index contributed by atoms with van der Waals surface area (Å²) in [6.45, 7) is 3.61. The van der Waals surface area contributed by atoms with Crippen LogP contribution in [0.15, 0.2) is 24.3 Å². The normalized spacial score (nSPS) is 11.2. The summed E-state index contributed by atoms with van der Waals surface area (Å²) in [5.74, 6) is -1.91. The summed E-state index contributed by atoms with van der Waals surface area (Å²) in [4.78, 5) is 34.0.